The number of aliphatic hydroxyl groups is 1. The van der Waals surface area contributed by atoms with Crippen molar-refractivity contribution in [3.63, 3.8) is 0 Å². The van der Waals surface area contributed by atoms with Crippen LogP contribution in [-0.4, -0.2) is 144 Å². The monoisotopic (exact) mass is 1510 g/mol. The van der Waals surface area contributed by atoms with Crippen molar-refractivity contribution < 1.29 is 72.7 Å². The minimum Gasteiger partial charge on any atom is -0.481 e. The summed E-state index contributed by atoms with van der Waals surface area (Å²) in [4.78, 5) is 158. The van der Waals surface area contributed by atoms with E-state index in [0.717, 1.165) is 29.1 Å². The van der Waals surface area contributed by atoms with Crippen LogP contribution in [0.5, 0.6) is 0 Å². The van der Waals surface area contributed by atoms with Crippen LogP contribution in [0.3, 0.4) is 0 Å². The number of fused-ring (bicyclic) bond motifs is 14. The minimum absolute atomic E-state index is 0.00414. The molecule has 1 saturated carbocycles. The van der Waals surface area contributed by atoms with Gasteiger partial charge in [-0.1, -0.05) is 63.4 Å². The number of Topliss-reactive ketones (excluding diaryl/α,β-unsaturated/α-hetero) is 1. The summed E-state index contributed by atoms with van der Waals surface area (Å²) in [5.41, 5.74) is 1.71. The maximum Gasteiger partial charge on any atom is 0.415 e. The second kappa shape index (κ2) is 35.0. The summed E-state index contributed by atoms with van der Waals surface area (Å²) in [6.45, 7) is 5.14. The van der Waals surface area contributed by atoms with Gasteiger partial charge in [-0.2, -0.15) is 0 Å². The first-order chi connectivity index (χ1) is 49.0. The number of amides is 5. The lowest BCUT2D eigenvalue weighted by atomic mass is 9.70. The Hall–Kier alpha value is -8.70. The summed E-state index contributed by atoms with van der Waals surface area (Å²) >= 11 is 7.12. The summed E-state index contributed by atoms with van der Waals surface area (Å²) in [5.74, 6) is -5.32. The van der Waals surface area contributed by atoms with E-state index in [1.54, 1.807) is 70.9 Å². The van der Waals surface area contributed by atoms with E-state index in [2.05, 4.69) is 21.3 Å². The van der Waals surface area contributed by atoms with Crippen molar-refractivity contribution in [2.24, 2.45) is 11.3 Å². The first kappa shape index (κ1) is 76.0. The summed E-state index contributed by atoms with van der Waals surface area (Å²) < 4.78 is 16.9. The lowest BCUT2D eigenvalue weighted by Crippen LogP contribution is -2.41. The zero-order valence-corrected chi connectivity index (χ0v) is 61.7. The third kappa shape index (κ3) is 18.7. The maximum atomic E-state index is 14.5. The Morgan fingerprint density at radius 2 is 1.37 bits per heavy atom. The zero-order chi connectivity index (χ0) is 72.8. The highest BCUT2D eigenvalue weighted by Crippen LogP contribution is 2.45. The van der Waals surface area contributed by atoms with Gasteiger partial charge >= 0.3 is 24.0 Å². The Labute approximate surface area is 611 Å². The first-order valence-corrected chi connectivity index (χ1v) is 38.4. The number of anilines is 1. The molecule has 0 saturated heterocycles. The van der Waals surface area contributed by atoms with Crippen molar-refractivity contribution in [1.29, 1.82) is 0 Å². The number of thiazole rings is 6. The molecule has 33 heteroatoms. The molecule has 102 heavy (non-hydrogen) atoms. The molecular formula is C69H78N12O15S6. The van der Waals surface area contributed by atoms with E-state index in [0.29, 0.717) is 131 Å². The highest BCUT2D eigenvalue weighted by Gasteiger charge is 2.44. The number of carbonyl (C=O) groups is 9. The number of ether oxygens (including phenoxy) is 3. The number of aryl methyl sites for hydroxylation is 1. The Morgan fingerprint density at radius 1 is 0.696 bits per heavy atom. The number of pyridine rings is 1. The van der Waals surface area contributed by atoms with E-state index in [9.17, 15) is 53.4 Å². The number of nitrogens with one attached hydrogen (secondary N) is 4. The fourth-order valence-electron chi connectivity index (χ4n) is 12.1. The van der Waals surface area contributed by atoms with Crippen LogP contribution in [0.25, 0.3) is 43.4 Å². The number of aromatic nitrogens is 7. The van der Waals surface area contributed by atoms with Gasteiger partial charge in [0, 0.05) is 77.8 Å². The van der Waals surface area contributed by atoms with E-state index < -0.39 is 83.8 Å². The molecule has 7 aromatic heterocycles. The van der Waals surface area contributed by atoms with Gasteiger partial charge in [-0.3, -0.25) is 43.3 Å². The lowest BCUT2D eigenvalue weighted by molar-refractivity contribution is -0.157. The summed E-state index contributed by atoms with van der Waals surface area (Å²) in [6.07, 6.45) is 2.44. The molecule has 8 heterocycles. The minimum atomic E-state index is -1.31. The number of nitrogens with zero attached hydrogens (tertiary/aromatic N) is 8. The second-order valence-electron chi connectivity index (χ2n) is 25.1. The topological polar surface area (TPSA) is 384 Å². The van der Waals surface area contributed by atoms with E-state index in [-0.39, 0.29) is 85.8 Å². The van der Waals surface area contributed by atoms with Crippen LogP contribution < -0.4 is 26.2 Å². The Bertz CT molecular complexity index is 4330. The van der Waals surface area contributed by atoms with Crippen molar-refractivity contribution in [1.82, 2.24) is 56.2 Å². The number of esters is 1. The molecule has 2 aliphatic rings. The number of unbranched alkanes of at least 4 members (excludes halogenated alkanes) is 4. The van der Waals surface area contributed by atoms with Crippen LogP contribution in [0, 0.1) is 18.3 Å². The number of benzene rings is 1. The number of aliphatic carboxylic acids is 2. The smallest absolute Gasteiger partial charge is 0.415 e. The van der Waals surface area contributed by atoms with E-state index in [1.807, 2.05) is 13.8 Å². The predicted octanol–water partition coefficient (Wildman–Crippen LogP) is 11.9. The molecule has 0 radical (unpaired) electrons. The van der Waals surface area contributed by atoms with Gasteiger partial charge in [0.1, 0.15) is 83.3 Å². The van der Waals surface area contributed by atoms with Crippen molar-refractivity contribution in [2.45, 2.75) is 154 Å². The molecule has 8 aromatic rings. The summed E-state index contributed by atoms with van der Waals surface area (Å²) in [6, 6.07) is 10.1. The molecule has 540 valence electrons. The summed E-state index contributed by atoms with van der Waals surface area (Å²) in [7, 11) is 4.29. The van der Waals surface area contributed by atoms with Crippen LogP contribution in [0.15, 0.2) is 64.0 Å². The molecule has 1 aromatic carbocycles. The highest BCUT2D eigenvalue weighted by atomic mass is 32.1. The Balaban J connectivity index is 0.996. The molecule has 4 atom stereocenters. The molecule has 1 aliphatic carbocycles. The van der Waals surface area contributed by atoms with Crippen LogP contribution in [0.4, 0.5) is 10.6 Å². The molecule has 7 N–H and O–H groups in total. The molecule has 1 unspecified atom stereocenters. The third-order valence-electron chi connectivity index (χ3n) is 17.7. The SMILES string of the molecule is CNC(=O)C[C@@H]1NC(=O)c2csc(n2)-c2ccc(-c3nc(N(CCCCC(=O)O)C(=O)OC4CCC(CCCCCCC(=O)O)(C(=O)OC)CC4)cs3)nc2-c2csc(n2)-c2csc(n2)[C@H]([C@@H](O)c2ccccc2)NC(=O)CNC(=O)c2nc(sc2COC)C(C(C)C)CC(=O)c2nc1sc2C. The molecule has 0 spiro atoms. The first-order valence-electron chi connectivity index (χ1n) is 33.2. The van der Waals surface area contributed by atoms with Crippen LogP contribution in [0.2, 0.25) is 0 Å². The van der Waals surface area contributed by atoms with Gasteiger partial charge in [0.05, 0.1) is 53.7 Å². The normalized spacial score (nSPS) is 18.5. The molecule has 10 rings (SSSR count). The van der Waals surface area contributed by atoms with Crippen LogP contribution in [-0.2, 0) is 44.8 Å². The number of hydrogen-bond acceptors (Lipinski definition) is 26. The number of methoxy groups -OCH3 is 2. The van der Waals surface area contributed by atoms with E-state index in [4.69, 9.17) is 54.2 Å². The van der Waals surface area contributed by atoms with Gasteiger partial charge in [0.2, 0.25) is 11.8 Å². The van der Waals surface area contributed by atoms with Crippen molar-refractivity contribution in [3.8, 4) is 43.4 Å². The van der Waals surface area contributed by atoms with Gasteiger partial charge in [-0.25, -0.2) is 39.7 Å². The quantitative estimate of drug-likeness (QED) is 0.0231. The van der Waals surface area contributed by atoms with E-state index in [1.165, 1.54) is 71.5 Å². The highest BCUT2D eigenvalue weighted by molar-refractivity contribution is 7.15. The maximum absolute atomic E-state index is 14.5. The third-order valence-corrected chi connectivity index (χ3v) is 23.4. The number of ketones is 1. The number of aliphatic hydroxyl groups excluding tert-OH is 1. The average molecular weight is 1510 g/mol. The number of carbonyl (C=O) groups excluding carboxylic acids is 7. The second-order valence-corrected chi connectivity index (χ2v) is 30.9. The number of rotatable bonds is 23. The zero-order valence-electron chi connectivity index (χ0n) is 56.8. The van der Waals surface area contributed by atoms with Crippen molar-refractivity contribution in [2.75, 3.05) is 39.3 Å². The van der Waals surface area contributed by atoms with Crippen LogP contribution >= 0.6 is 68.0 Å². The van der Waals surface area contributed by atoms with Gasteiger partial charge < -0.3 is 50.8 Å². The average Bonchev–Trinajstić information content (AvgIpc) is 1.56. The predicted molar refractivity (Wildman–Crippen MR) is 386 cm³/mol. The molecule has 5 amide bonds. The fourth-order valence-corrected chi connectivity index (χ4v) is 17.8. The lowest BCUT2D eigenvalue weighted by Gasteiger charge is -2.38. The molecular weight excluding hydrogens is 1430 g/mol. The van der Waals surface area contributed by atoms with E-state index >= 15 is 0 Å². The Kier molecular flexibility index (Phi) is 26.0. The molecule has 1 aliphatic heterocycles. The largest absolute Gasteiger partial charge is 0.481 e. The standard InChI is InChI=1S/C69H78N12O15S6/c1-36(2)41-28-47(82)54-37(3)101-65(79-54)43(29-50(83)70-4)73-59(90)45-33-97-61(75-45)40-20-21-42(63-77-49(35-100-63)81(27-15-13-19-53(87)88)68(93)96-39-22-25-69(26-23-39,67(92)95-6)24-14-8-7-12-18-52(85)86)72-55(40)44-32-98-64(74-44)46-34-99-66(76-46)57(58(89)38-16-10-9-11-17-38)78-51(84)30-71-60(91)56-48(31-94-5)102-62(41)80-56/h9-11,16-17,20-21,32-36,39,41,43,57-58,89H,7-8,12-15,18-19,22-31H2,1-6H3,(H,70,83)(H,71,91)(H,73,90)(H,78,84)(H,85,86)(H,87,88)/t39?,41?,43-,57-,58-,69?/m0/s1. The van der Waals surface area contributed by atoms with Crippen molar-refractivity contribution >= 4 is 127 Å². The van der Waals surface area contributed by atoms with Gasteiger partial charge in [-0.15, -0.1) is 68.0 Å². The summed E-state index contributed by atoms with van der Waals surface area (Å²) in [5, 5.41) is 50.7. The van der Waals surface area contributed by atoms with Gasteiger partial charge in [0.15, 0.2) is 5.78 Å². The fraction of sp³-hybridized carbons (Fsp3) is 0.449. The molecule has 27 nitrogen and oxygen atoms in total. The molecule has 10 bridgehead atoms. The van der Waals surface area contributed by atoms with Crippen molar-refractivity contribution in [3.05, 3.63) is 111 Å². The number of hydrogen-bond donors (Lipinski definition) is 7. The number of carboxylic acid groups (broad SMARTS) is 2. The van der Waals surface area contributed by atoms with Crippen LogP contribution in [0.1, 0.15) is 196 Å². The van der Waals surface area contributed by atoms with Gasteiger partial charge in [0.25, 0.3) is 11.8 Å². The Morgan fingerprint density at radius 3 is 2.09 bits per heavy atom. The molecule has 1 fully saturated rings. The number of carboxylic acids is 2. The van der Waals surface area contributed by atoms with Gasteiger partial charge in [-0.05, 0) is 81.9 Å².